The molecule has 0 saturated carbocycles. The van der Waals surface area contributed by atoms with Crippen LogP contribution in [0.4, 0.5) is 9.93 Å². The number of urea groups is 1. The summed E-state index contributed by atoms with van der Waals surface area (Å²) in [5, 5.41) is 6.29. The Morgan fingerprint density at radius 1 is 1.35 bits per heavy atom. The number of hydrogen-bond acceptors (Lipinski definition) is 4. The van der Waals surface area contributed by atoms with Gasteiger partial charge in [0.2, 0.25) is 0 Å². The van der Waals surface area contributed by atoms with E-state index in [2.05, 4.69) is 15.6 Å². The van der Waals surface area contributed by atoms with Crippen LogP contribution >= 0.6 is 11.3 Å². The Hall–Kier alpha value is -2.08. The van der Waals surface area contributed by atoms with Gasteiger partial charge in [0.05, 0.1) is 12.2 Å². The zero-order chi connectivity index (χ0) is 16.1. The van der Waals surface area contributed by atoms with E-state index in [4.69, 9.17) is 4.74 Å². The predicted molar refractivity (Wildman–Crippen MR) is 92.5 cm³/mol. The smallest absolute Gasteiger partial charge is 0.321 e. The summed E-state index contributed by atoms with van der Waals surface area (Å²) < 4.78 is 5.60. The molecular formula is C17H21N3O2S. The molecule has 1 aliphatic rings. The van der Waals surface area contributed by atoms with Crippen LogP contribution in [0.1, 0.15) is 29.0 Å². The maximum Gasteiger partial charge on any atom is 0.321 e. The van der Waals surface area contributed by atoms with Crippen molar-refractivity contribution in [2.24, 2.45) is 0 Å². The molecule has 0 radical (unpaired) electrons. The van der Waals surface area contributed by atoms with E-state index in [1.54, 1.807) is 11.3 Å². The normalized spacial score (nSPS) is 13.3. The molecule has 0 bridgehead atoms. The van der Waals surface area contributed by atoms with Crippen LogP contribution in [-0.4, -0.2) is 24.2 Å². The molecule has 0 spiro atoms. The number of ether oxygens (including phenoxy) is 1. The van der Waals surface area contributed by atoms with Gasteiger partial charge in [0.1, 0.15) is 12.4 Å². The summed E-state index contributed by atoms with van der Waals surface area (Å²) in [5.41, 5.74) is 2.31. The molecule has 2 amide bonds. The molecule has 0 aliphatic heterocycles. The van der Waals surface area contributed by atoms with Gasteiger partial charge in [0, 0.05) is 4.88 Å². The third-order valence-corrected chi connectivity index (χ3v) is 4.78. The lowest BCUT2D eigenvalue weighted by atomic mass is 10.0. The van der Waals surface area contributed by atoms with E-state index in [1.165, 1.54) is 17.7 Å². The van der Waals surface area contributed by atoms with Crippen LogP contribution in [-0.2, 0) is 12.8 Å². The first-order valence-electron chi connectivity index (χ1n) is 7.93. The number of nitrogens with one attached hydrogen (secondary N) is 2. The van der Waals surface area contributed by atoms with E-state index in [9.17, 15) is 4.79 Å². The van der Waals surface area contributed by atoms with Crippen molar-refractivity contribution in [1.82, 2.24) is 10.3 Å². The SMILES string of the molecule is Cc1cccc(OCCNC(=O)Nc2nc3c(s2)CCCC3)c1. The van der Waals surface area contributed by atoms with Crippen molar-refractivity contribution in [3.8, 4) is 5.75 Å². The van der Waals surface area contributed by atoms with Gasteiger partial charge in [-0.2, -0.15) is 0 Å². The molecule has 3 rings (SSSR count). The summed E-state index contributed by atoms with van der Waals surface area (Å²) in [6.07, 6.45) is 4.52. The van der Waals surface area contributed by atoms with Gasteiger partial charge in [-0.15, -0.1) is 11.3 Å². The summed E-state index contributed by atoms with van der Waals surface area (Å²) in [7, 11) is 0. The first-order valence-corrected chi connectivity index (χ1v) is 8.75. The zero-order valence-corrected chi connectivity index (χ0v) is 14.0. The van der Waals surface area contributed by atoms with Crippen molar-refractivity contribution < 1.29 is 9.53 Å². The van der Waals surface area contributed by atoms with Crippen molar-refractivity contribution in [2.75, 3.05) is 18.5 Å². The summed E-state index contributed by atoms with van der Waals surface area (Å²) in [5.74, 6) is 0.819. The number of fused-ring (bicyclic) bond motifs is 1. The van der Waals surface area contributed by atoms with E-state index < -0.39 is 0 Å². The molecule has 1 heterocycles. The minimum atomic E-state index is -0.232. The number of amides is 2. The average Bonchev–Trinajstić information content (AvgIpc) is 2.94. The molecule has 5 nitrogen and oxygen atoms in total. The fourth-order valence-electron chi connectivity index (χ4n) is 2.59. The molecule has 0 saturated heterocycles. The molecule has 1 aromatic carbocycles. The number of carbonyl (C=O) groups is 1. The lowest BCUT2D eigenvalue weighted by molar-refractivity contribution is 0.247. The predicted octanol–water partition coefficient (Wildman–Crippen LogP) is 3.53. The Kier molecular flexibility index (Phi) is 5.12. The van der Waals surface area contributed by atoms with Crippen LogP contribution in [0.3, 0.4) is 0 Å². The van der Waals surface area contributed by atoms with E-state index >= 15 is 0 Å². The number of aryl methyl sites for hydroxylation is 3. The van der Waals surface area contributed by atoms with Crippen LogP contribution in [0, 0.1) is 6.92 Å². The van der Waals surface area contributed by atoms with Crippen LogP contribution in [0.5, 0.6) is 5.75 Å². The van der Waals surface area contributed by atoms with Crippen molar-refractivity contribution in [3.63, 3.8) is 0 Å². The summed E-state index contributed by atoms with van der Waals surface area (Å²) >= 11 is 1.59. The quantitative estimate of drug-likeness (QED) is 0.824. The lowest BCUT2D eigenvalue weighted by Crippen LogP contribution is -2.32. The molecule has 2 aromatic rings. The standard InChI is InChI=1S/C17H21N3O2S/c1-12-5-4-6-13(11-12)22-10-9-18-16(21)20-17-19-14-7-2-3-8-15(14)23-17/h4-6,11H,2-3,7-10H2,1H3,(H2,18,19,20,21). The van der Waals surface area contributed by atoms with E-state index in [-0.39, 0.29) is 6.03 Å². The maximum atomic E-state index is 11.9. The molecule has 1 aromatic heterocycles. The Morgan fingerprint density at radius 2 is 2.22 bits per heavy atom. The molecule has 6 heteroatoms. The van der Waals surface area contributed by atoms with Gasteiger partial charge in [-0.1, -0.05) is 12.1 Å². The van der Waals surface area contributed by atoms with Crippen molar-refractivity contribution in [2.45, 2.75) is 32.6 Å². The summed E-state index contributed by atoms with van der Waals surface area (Å²) in [6.45, 7) is 2.91. The molecule has 2 N–H and O–H groups in total. The highest BCUT2D eigenvalue weighted by atomic mass is 32.1. The number of carbonyl (C=O) groups excluding carboxylic acids is 1. The third-order valence-electron chi connectivity index (χ3n) is 3.71. The molecule has 0 fully saturated rings. The average molecular weight is 331 g/mol. The van der Waals surface area contributed by atoms with Gasteiger partial charge in [-0.25, -0.2) is 9.78 Å². The minimum absolute atomic E-state index is 0.232. The Morgan fingerprint density at radius 3 is 3.04 bits per heavy atom. The number of nitrogens with zero attached hydrogens (tertiary/aromatic N) is 1. The van der Waals surface area contributed by atoms with Gasteiger partial charge in [0.15, 0.2) is 5.13 Å². The van der Waals surface area contributed by atoms with Crippen LogP contribution in [0.15, 0.2) is 24.3 Å². The number of aromatic nitrogens is 1. The largest absolute Gasteiger partial charge is 0.492 e. The van der Waals surface area contributed by atoms with Gasteiger partial charge in [-0.3, -0.25) is 5.32 Å². The first-order chi connectivity index (χ1) is 11.2. The summed E-state index contributed by atoms with van der Waals surface area (Å²) in [4.78, 5) is 17.7. The topological polar surface area (TPSA) is 63.2 Å². The van der Waals surface area contributed by atoms with Gasteiger partial charge in [0.25, 0.3) is 0 Å². The van der Waals surface area contributed by atoms with Gasteiger partial charge < -0.3 is 10.1 Å². The zero-order valence-electron chi connectivity index (χ0n) is 13.2. The Bertz CT molecular complexity index is 661. The third kappa shape index (κ3) is 4.45. The number of rotatable bonds is 5. The second-order valence-electron chi connectivity index (χ2n) is 5.64. The second kappa shape index (κ2) is 7.46. The molecule has 23 heavy (non-hydrogen) atoms. The first kappa shape index (κ1) is 15.8. The fraction of sp³-hybridized carbons (Fsp3) is 0.412. The monoisotopic (exact) mass is 331 g/mol. The van der Waals surface area contributed by atoms with E-state index in [1.807, 2.05) is 31.2 Å². The van der Waals surface area contributed by atoms with Gasteiger partial charge >= 0.3 is 6.03 Å². The molecule has 0 atom stereocenters. The van der Waals surface area contributed by atoms with Gasteiger partial charge in [-0.05, 0) is 50.3 Å². The van der Waals surface area contributed by atoms with Crippen molar-refractivity contribution in [3.05, 3.63) is 40.4 Å². The Labute approximate surface area is 140 Å². The number of benzene rings is 1. The maximum absolute atomic E-state index is 11.9. The van der Waals surface area contributed by atoms with Crippen LogP contribution < -0.4 is 15.4 Å². The van der Waals surface area contributed by atoms with Crippen molar-refractivity contribution >= 4 is 22.5 Å². The minimum Gasteiger partial charge on any atom is -0.492 e. The highest BCUT2D eigenvalue weighted by molar-refractivity contribution is 7.15. The second-order valence-corrected chi connectivity index (χ2v) is 6.73. The lowest BCUT2D eigenvalue weighted by Gasteiger charge is -2.08. The van der Waals surface area contributed by atoms with Crippen molar-refractivity contribution in [1.29, 1.82) is 0 Å². The molecule has 1 aliphatic carbocycles. The fourth-order valence-corrected chi connectivity index (χ4v) is 3.63. The highest BCUT2D eigenvalue weighted by Crippen LogP contribution is 2.29. The molecular weight excluding hydrogens is 310 g/mol. The Balaban J connectivity index is 1.40. The van der Waals surface area contributed by atoms with Crippen LogP contribution in [0.2, 0.25) is 0 Å². The number of hydrogen-bond donors (Lipinski definition) is 2. The number of anilines is 1. The molecule has 122 valence electrons. The van der Waals surface area contributed by atoms with Crippen LogP contribution in [0.25, 0.3) is 0 Å². The van der Waals surface area contributed by atoms with E-state index in [0.717, 1.165) is 29.8 Å². The molecule has 0 unspecified atom stereocenters. The summed E-state index contributed by atoms with van der Waals surface area (Å²) in [6, 6.07) is 7.62. The van der Waals surface area contributed by atoms with E-state index in [0.29, 0.717) is 18.3 Å². The number of thiazole rings is 1. The highest BCUT2D eigenvalue weighted by Gasteiger charge is 2.16.